The highest BCUT2D eigenvalue weighted by Crippen LogP contribution is 2.34. The average molecular weight is 310 g/mol. The van der Waals surface area contributed by atoms with Crippen LogP contribution in [-0.2, 0) is 4.79 Å². The van der Waals surface area contributed by atoms with Crippen LogP contribution in [0.15, 0.2) is 0 Å². The number of hydrogen-bond acceptors (Lipinski definition) is 3. The van der Waals surface area contributed by atoms with Crippen molar-refractivity contribution in [3.05, 3.63) is 0 Å². The summed E-state index contributed by atoms with van der Waals surface area (Å²) in [7, 11) is 0. The van der Waals surface area contributed by atoms with Crippen molar-refractivity contribution < 1.29 is 33.0 Å². The third-order valence-corrected chi connectivity index (χ3v) is 3.96. The Bertz CT molecular complexity index is 429. The summed E-state index contributed by atoms with van der Waals surface area (Å²) in [6, 6.07) is -1.92. The smallest absolute Gasteiger partial charge is 0.393 e. The van der Waals surface area contributed by atoms with Crippen LogP contribution in [0.1, 0.15) is 19.3 Å². The number of β-amino-alcohol motifs (C(OH)–C–C–N with tert-alkyl or cyclic N) is 1. The van der Waals surface area contributed by atoms with Gasteiger partial charge in [-0.05, 0) is 12.8 Å². The molecular weight excluding hydrogens is 293 g/mol. The molecule has 2 heterocycles. The molecule has 0 radical (unpaired) electrons. The van der Waals surface area contributed by atoms with Crippen LogP contribution in [-0.4, -0.2) is 70.0 Å². The number of alkyl halides is 3. The molecule has 1 unspecified atom stereocenters. The molecule has 2 fully saturated rings. The summed E-state index contributed by atoms with van der Waals surface area (Å²) in [5, 5.41) is 18.5. The summed E-state index contributed by atoms with van der Waals surface area (Å²) in [6.07, 6.45) is -5.23. The topological polar surface area (TPSA) is 81.1 Å². The zero-order valence-electron chi connectivity index (χ0n) is 11.2. The Morgan fingerprint density at radius 2 is 1.86 bits per heavy atom. The fourth-order valence-corrected chi connectivity index (χ4v) is 2.86. The van der Waals surface area contributed by atoms with E-state index in [2.05, 4.69) is 0 Å². The van der Waals surface area contributed by atoms with Gasteiger partial charge in [0.05, 0.1) is 12.0 Å². The maximum Gasteiger partial charge on any atom is 0.393 e. The lowest BCUT2D eigenvalue weighted by Gasteiger charge is -2.36. The number of rotatable bonds is 1. The molecule has 0 aromatic heterocycles. The van der Waals surface area contributed by atoms with E-state index in [0.717, 1.165) is 9.80 Å². The minimum absolute atomic E-state index is 0.0295. The fourth-order valence-electron chi connectivity index (χ4n) is 2.86. The first-order valence-corrected chi connectivity index (χ1v) is 6.73. The number of halogens is 3. The second-order valence-corrected chi connectivity index (χ2v) is 5.51. The molecule has 2 aliphatic rings. The summed E-state index contributed by atoms with van der Waals surface area (Å²) in [6.45, 7) is -0.450. The van der Waals surface area contributed by atoms with E-state index >= 15 is 0 Å². The van der Waals surface area contributed by atoms with Gasteiger partial charge in [0, 0.05) is 26.1 Å². The number of urea groups is 1. The molecule has 0 aromatic carbocycles. The van der Waals surface area contributed by atoms with E-state index in [-0.39, 0.29) is 32.4 Å². The lowest BCUT2D eigenvalue weighted by Crippen LogP contribution is -2.52. The summed E-state index contributed by atoms with van der Waals surface area (Å²) >= 11 is 0. The SMILES string of the molecule is O=C(O)[C@@H]1C[C@H](O)CN1C(=O)N1CCCC(C(F)(F)F)C1. The number of nitrogens with zero attached hydrogens (tertiary/aromatic N) is 2. The van der Waals surface area contributed by atoms with E-state index in [9.17, 15) is 27.9 Å². The van der Waals surface area contributed by atoms with Gasteiger partial charge in [-0.3, -0.25) is 0 Å². The molecule has 2 aliphatic heterocycles. The number of hydrogen-bond donors (Lipinski definition) is 2. The Morgan fingerprint density at radius 3 is 2.43 bits per heavy atom. The highest BCUT2D eigenvalue weighted by atomic mass is 19.4. The number of aliphatic carboxylic acids is 1. The van der Waals surface area contributed by atoms with Crippen molar-refractivity contribution in [2.75, 3.05) is 19.6 Å². The number of carboxylic acids is 1. The molecule has 0 aromatic rings. The molecule has 21 heavy (non-hydrogen) atoms. The molecule has 0 bridgehead atoms. The summed E-state index contributed by atoms with van der Waals surface area (Å²) in [4.78, 5) is 25.3. The average Bonchev–Trinajstić information content (AvgIpc) is 2.79. The van der Waals surface area contributed by atoms with E-state index in [1.54, 1.807) is 0 Å². The molecule has 0 spiro atoms. The number of aliphatic hydroxyl groups excluding tert-OH is 1. The molecule has 9 heteroatoms. The van der Waals surface area contributed by atoms with Gasteiger partial charge in [-0.2, -0.15) is 13.2 Å². The first-order chi connectivity index (χ1) is 9.70. The lowest BCUT2D eigenvalue weighted by atomic mass is 9.98. The minimum Gasteiger partial charge on any atom is -0.480 e. The number of amides is 2. The molecule has 2 amide bonds. The third kappa shape index (κ3) is 3.39. The zero-order valence-corrected chi connectivity index (χ0v) is 11.2. The molecular formula is C12H17F3N2O4. The first kappa shape index (κ1) is 15.9. The molecule has 0 saturated carbocycles. The second kappa shape index (κ2) is 5.70. The summed E-state index contributed by atoms with van der Waals surface area (Å²) in [5.74, 6) is -2.84. The standard InChI is InChI=1S/C12H17F3N2O4/c13-12(14,15)7-2-1-3-16(5-7)11(21)17-6-8(18)4-9(17)10(19)20/h7-9,18H,1-6H2,(H,19,20)/t7?,8-,9-/m0/s1. The van der Waals surface area contributed by atoms with Gasteiger partial charge in [-0.25, -0.2) is 9.59 Å². The van der Waals surface area contributed by atoms with Gasteiger partial charge in [0.25, 0.3) is 0 Å². The normalized spacial score (nSPS) is 30.6. The van der Waals surface area contributed by atoms with Gasteiger partial charge >= 0.3 is 18.2 Å². The van der Waals surface area contributed by atoms with E-state index in [0.29, 0.717) is 0 Å². The molecule has 2 saturated heterocycles. The third-order valence-electron chi connectivity index (χ3n) is 3.96. The number of likely N-dealkylation sites (tertiary alicyclic amines) is 2. The Hall–Kier alpha value is -1.51. The number of carboxylic acid groups (broad SMARTS) is 1. The van der Waals surface area contributed by atoms with Crippen molar-refractivity contribution in [2.24, 2.45) is 5.92 Å². The van der Waals surface area contributed by atoms with Crippen molar-refractivity contribution in [3.63, 3.8) is 0 Å². The number of carbonyl (C=O) groups excluding carboxylic acids is 1. The molecule has 120 valence electrons. The van der Waals surface area contributed by atoms with Gasteiger partial charge in [0.15, 0.2) is 0 Å². The van der Waals surface area contributed by atoms with Gasteiger partial charge in [-0.1, -0.05) is 0 Å². The van der Waals surface area contributed by atoms with Crippen LogP contribution in [0.5, 0.6) is 0 Å². The fraction of sp³-hybridized carbons (Fsp3) is 0.833. The van der Waals surface area contributed by atoms with Crippen molar-refractivity contribution in [3.8, 4) is 0 Å². The molecule has 0 aliphatic carbocycles. The van der Waals surface area contributed by atoms with Crippen LogP contribution in [0, 0.1) is 5.92 Å². The van der Waals surface area contributed by atoms with Crippen LogP contribution in [0.4, 0.5) is 18.0 Å². The molecule has 2 rings (SSSR count). The zero-order chi connectivity index (χ0) is 15.8. The van der Waals surface area contributed by atoms with Crippen molar-refractivity contribution in [1.29, 1.82) is 0 Å². The maximum absolute atomic E-state index is 12.7. The lowest BCUT2D eigenvalue weighted by molar-refractivity contribution is -0.184. The minimum atomic E-state index is -4.37. The van der Waals surface area contributed by atoms with E-state index in [1.807, 2.05) is 0 Å². The highest BCUT2D eigenvalue weighted by molar-refractivity contribution is 5.83. The van der Waals surface area contributed by atoms with Crippen LogP contribution in [0.2, 0.25) is 0 Å². The number of piperidine rings is 1. The van der Waals surface area contributed by atoms with E-state index < -0.39 is 42.8 Å². The van der Waals surface area contributed by atoms with Crippen molar-refractivity contribution in [1.82, 2.24) is 9.80 Å². The summed E-state index contributed by atoms with van der Waals surface area (Å²) < 4.78 is 38.2. The Labute approximate surface area is 119 Å². The van der Waals surface area contributed by atoms with Gasteiger partial charge in [-0.15, -0.1) is 0 Å². The van der Waals surface area contributed by atoms with Gasteiger partial charge in [0.2, 0.25) is 0 Å². The summed E-state index contributed by atoms with van der Waals surface area (Å²) in [5.41, 5.74) is 0. The highest BCUT2D eigenvalue weighted by Gasteiger charge is 2.45. The second-order valence-electron chi connectivity index (χ2n) is 5.51. The Balaban J connectivity index is 2.07. The largest absolute Gasteiger partial charge is 0.480 e. The van der Waals surface area contributed by atoms with Gasteiger partial charge in [0.1, 0.15) is 6.04 Å². The number of aliphatic hydroxyl groups is 1. The van der Waals surface area contributed by atoms with Crippen molar-refractivity contribution >= 4 is 12.0 Å². The van der Waals surface area contributed by atoms with Gasteiger partial charge < -0.3 is 20.0 Å². The monoisotopic (exact) mass is 310 g/mol. The number of carbonyl (C=O) groups is 2. The first-order valence-electron chi connectivity index (χ1n) is 6.73. The quantitative estimate of drug-likeness (QED) is 0.754. The maximum atomic E-state index is 12.7. The molecule has 6 nitrogen and oxygen atoms in total. The Kier molecular flexibility index (Phi) is 4.31. The van der Waals surface area contributed by atoms with Crippen LogP contribution >= 0.6 is 0 Å². The molecule has 3 atom stereocenters. The Morgan fingerprint density at radius 1 is 1.19 bits per heavy atom. The van der Waals surface area contributed by atoms with Crippen molar-refractivity contribution in [2.45, 2.75) is 37.6 Å². The van der Waals surface area contributed by atoms with E-state index in [4.69, 9.17) is 5.11 Å². The van der Waals surface area contributed by atoms with Crippen LogP contribution in [0.25, 0.3) is 0 Å². The predicted octanol–water partition coefficient (Wildman–Crippen LogP) is 0.900. The molecule has 2 N–H and O–H groups in total. The van der Waals surface area contributed by atoms with E-state index in [1.165, 1.54) is 0 Å². The predicted molar refractivity (Wildman–Crippen MR) is 64.5 cm³/mol. The van der Waals surface area contributed by atoms with Crippen LogP contribution < -0.4 is 0 Å². The van der Waals surface area contributed by atoms with Crippen LogP contribution in [0.3, 0.4) is 0 Å².